The number of carbonyl (C=O) groups excluding carboxylic acids is 1. The Morgan fingerprint density at radius 3 is 2.75 bits per heavy atom. The lowest BCUT2D eigenvalue weighted by atomic mass is 10.2. The molecule has 0 unspecified atom stereocenters. The molecule has 0 atom stereocenters. The van der Waals surface area contributed by atoms with E-state index in [-0.39, 0.29) is 5.91 Å². The van der Waals surface area contributed by atoms with Crippen LogP contribution in [0.3, 0.4) is 0 Å². The molecule has 1 aromatic carbocycles. The fraction of sp³-hybridized carbons (Fsp3) is 0.167. The van der Waals surface area contributed by atoms with E-state index in [2.05, 4.69) is 15.3 Å². The second-order valence-electron chi connectivity index (χ2n) is 5.56. The van der Waals surface area contributed by atoms with Crippen LogP contribution >= 0.6 is 0 Å². The average Bonchev–Trinajstić information content (AvgIpc) is 3.08. The van der Waals surface area contributed by atoms with Crippen LogP contribution in [-0.2, 0) is 6.54 Å². The van der Waals surface area contributed by atoms with Crippen LogP contribution in [0.25, 0.3) is 22.6 Å². The zero-order valence-electron chi connectivity index (χ0n) is 13.2. The maximum atomic E-state index is 11.9. The van der Waals surface area contributed by atoms with Crippen molar-refractivity contribution in [3.63, 3.8) is 0 Å². The van der Waals surface area contributed by atoms with Crippen LogP contribution < -0.4 is 10.1 Å². The molecule has 0 saturated heterocycles. The van der Waals surface area contributed by atoms with Gasteiger partial charge in [0.2, 0.25) is 0 Å². The van der Waals surface area contributed by atoms with E-state index in [1.165, 1.54) is 0 Å². The van der Waals surface area contributed by atoms with Gasteiger partial charge in [0.15, 0.2) is 5.82 Å². The van der Waals surface area contributed by atoms with Gasteiger partial charge in [0.1, 0.15) is 11.4 Å². The highest BCUT2D eigenvalue weighted by Gasteiger charge is 2.18. The summed E-state index contributed by atoms with van der Waals surface area (Å²) < 4.78 is 7.13. The average molecular weight is 320 g/mol. The maximum absolute atomic E-state index is 11.9. The summed E-state index contributed by atoms with van der Waals surface area (Å²) in [7, 11) is 1.64. The number of hydrogen-bond donors (Lipinski definition) is 1. The number of methoxy groups -OCH3 is 1. The maximum Gasteiger partial charge on any atom is 0.267 e. The third kappa shape index (κ3) is 2.52. The SMILES string of the molecule is COc1ccc(-c2nccc(-c3cc4n(c3)CCNC4=O)n2)cc1. The van der Waals surface area contributed by atoms with Gasteiger partial charge in [0, 0.05) is 36.6 Å². The van der Waals surface area contributed by atoms with Gasteiger partial charge in [-0.05, 0) is 36.4 Å². The van der Waals surface area contributed by atoms with Crippen molar-refractivity contribution in [2.45, 2.75) is 6.54 Å². The van der Waals surface area contributed by atoms with Crippen molar-refractivity contribution in [1.82, 2.24) is 19.9 Å². The number of nitrogens with zero attached hydrogens (tertiary/aromatic N) is 3. The van der Waals surface area contributed by atoms with Crippen molar-refractivity contribution in [2.75, 3.05) is 13.7 Å². The molecule has 0 saturated carbocycles. The predicted molar refractivity (Wildman–Crippen MR) is 89.8 cm³/mol. The molecule has 1 aliphatic heterocycles. The molecule has 2 aromatic heterocycles. The normalized spacial score (nSPS) is 13.3. The zero-order valence-corrected chi connectivity index (χ0v) is 13.2. The predicted octanol–water partition coefficient (Wildman–Crippen LogP) is 2.36. The van der Waals surface area contributed by atoms with Gasteiger partial charge in [-0.1, -0.05) is 0 Å². The highest BCUT2D eigenvalue weighted by atomic mass is 16.5. The molecule has 24 heavy (non-hydrogen) atoms. The Morgan fingerprint density at radius 2 is 2.00 bits per heavy atom. The van der Waals surface area contributed by atoms with Crippen LogP contribution in [-0.4, -0.2) is 34.1 Å². The molecule has 0 bridgehead atoms. The topological polar surface area (TPSA) is 69.0 Å². The van der Waals surface area contributed by atoms with Crippen molar-refractivity contribution in [3.8, 4) is 28.4 Å². The minimum Gasteiger partial charge on any atom is -0.497 e. The lowest BCUT2D eigenvalue weighted by Crippen LogP contribution is -2.34. The van der Waals surface area contributed by atoms with E-state index in [0.29, 0.717) is 18.1 Å². The molecule has 3 heterocycles. The summed E-state index contributed by atoms with van der Waals surface area (Å²) >= 11 is 0. The van der Waals surface area contributed by atoms with Gasteiger partial charge in [-0.2, -0.15) is 0 Å². The molecule has 4 rings (SSSR count). The third-order valence-electron chi connectivity index (χ3n) is 4.07. The minimum absolute atomic E-state index is 0.0445. The standard InChI is InChI=1S/C18H16N4O2/c1-24-14-4-2-12(3-5-14)17-19-7-6-15(21-17)13-10-16-18(23)20-8-9-22(16)11-13/h2-7,10-11H,8-9H2,1H3,(H,20,23). The second-order valence-corrected chi connectivity index (χ2v) is 5.56. The number of fused-ring (bicyclic) bond motifs is 1. The van der Waals surface area contributed by atoms with E-state index in [1.54, 1.807) is 13.3 Å². The highest BCUT2D eigenvalue weighted by molar-refractivity contribution is 5.94. The van der Waals surface area contributed by atoms with Crippen LogP contribution in [0.5, 0.6) is 5.75 Å². The monoisotopic (exact) mass is 320 g/mol. The Labute approximate surface area is 139 Å². The van der Waals surface area contributed by atoms with Crippen LogP contribution in [0.2, 0.25) is 0 Å². The number of amides is 1. The number of benzene rings is 1. The Balaban J connectivity index is 1.71. The lowest BCUT2D eigenvalue weighted by molar-refractivity contribution is 0.0928. The number of nitrogens with one attached hydrogen (secondary N) is 1. The molecule has 120 valence electrons. The van der Waals surface area contributed by atoms with Crippen LogP contribution in [0, 0.1) is 0 Å². The quantitative estimate of drug-likeness (QED) is 0.804. The molecule has 0 fully saturated rings. The van der Waals surface area contributed by atoms with Gasteiger partial charge < -0.3 is 14.6 Å². The molecule has 1 aliphatic rings. The first-order valence-corrected chi connectivity index (χ1v) is 7.71. The number of ether oxygens (including phenoxy) is 1. The number of rotatable bonds is 3. The van der Waals surface area contributed by atoms with Crippen molar-refractivity contribution in [2.24, 2.45) is 0 Å². The minimum atomic E-state index is -0.0445. The van der Waals surface area contributed by atoms with Gasteiger partial charge in [-0.15, -0.1) is 0 Å². The Morgan fingerprint density at radius 1 is 1.17 bits per heavy atom. The van der Waals surface area contributed by atoms with E-state index >= 15 is 0 Å². The molecular formula is C18H16N4O2. The van der Waals surface area contributed by atoms with E-state index in [1.807, 2.05) is 47.2 Å². The molecule has 0 spiro atoms. The van der Waals surface area contributed by atoms with Crippen molar-refractivity contribution in [3.05, 3.63) is 54.5 Å². The van der Waals surface area contributed by atoms with E-state index in [0.717, 1.165) is 29.1 Å². The summed E-state index contributed by atoms with van der Waals surface area (Å²) in [6.07, 6.45) is 3.70. The molecular weight excluding hydrogens is 304 g/mol. The smallest absolute Gasteiger partial charge is 0.267 e. The van der Waals surface area contributed by atoms with Crippen molar-refractivity contribution < 1.29 is 9.53 Å². The fourth-order valence-electron chi connectivity index (χ4n) is 2.81. The molecule has 6 heteroatoms. The third-order valence-corrected chi connectivity index (χ3v) is 4.07. The highest BCUT2D eigenvalue weighted by Crippen LogP contribution is 2.25. The first kappa shape index (κ1) is 14.4. The second kappa shape index (κ2) is 5.81. The van der Waals surface area contributed by atoms with Crippen molar-refractivity contribution in [1.29, 1.82) is 0 Å². The van der Waals surface area contributed by atoms with Crippen LogP contribution in [0.15, 0.2) is 48.8 Å². The first-order valence-electron chi connectivity index (χ1n) is 7.71. The summed E-state index contributed by atoms with van der Waals surface area (Å²) in [4.78, 5) is 20.9. The van der Waals surface area contributed by atoms with Crippen molar-refractivity contribution >= 4 is 5.91 Å². The van der Waals surface area contributed by atoms with Crippen LogP contribution in [0.1, 0.15) is 10.5 Å². The molecule has 0 aliphatic carbocycles. The first-order chi connectivity index (χ1) is 11.7. The van der Waals surface area contributed by atoms with Gasteiger partial charge in [0.05, 0.1) is 12.8 Å². The fourth-order valence-corrected chi connectivity index (χ4v) is 2.81. The van der Waals surface area contributed by atoms with Gasteiger partial charge >= 0.3 is 0 Å². The van der Waals surface area contributed by atoms with Gasteiger partial charge in [-0.3, -0.25) is 4.79 Å². The van der Waals surface area contributed by atoms with E-state index in [4.69, 9.17) is 4.74 Å². The van der Waals surface area contributed by atoms with E-state index in [9.17, 15) is 4.79 Å². The molecule has 6 nitrogen and oxygen atoms in total. The van der Waals surface area contributed by atoms with E-state index < -0.39 is 0 Å². The summed E-state index contributed by atoms with van der Waals surface area (Å²) in [5.41, 5.74) is 3.30. The Hall–Kier alpha value is -3.15. The molecule has 0 radical (unpaired) electrons. The van der Waals surface area contributed by atoms with Crippen LogP contribution in [0.4, 0.5) is 0 Å². The lowest BCUT2D eigenvalue weighted by Gasteiger charge is -2.14. The van der Waals surface area contributed by atoms with Gasteiger partial charge in [-0.25, -0.2) is 9.97 Å². The number of carbonyl (C=O) groups is 1. The summed E-state index contributed by atoms with van der Waals surface area (Å²) in [5, 5.41) is 2.85. The zero-order chi connectivity index (χ0) is 16.5. The summed E-state index contributed by atoms with van der Waals surface area (Å²) in [6, 6.07) is 11.3. The summed E-state index contributed by atoms with van der Waals surface area (Å²) in [6.45, 7) is 1.43. The number of hydrogen-bond acceptors (Lipinski definition) is 4. The number of aromatic nitrogens is 3. The molecule has 1 N–H and O–H groups in total. The summed E-state index contributed by atoms with van der Waals surface area (Å²) in [5.74, 6) is 1.39. The Kier molecular flexibility index (Phi) is 3.49. The Bertz CT molecular complexity index is 900. The molecule has 3 aromatic rings. The van der Waals surface area contributed by atoms with Gasteiger partial charge in [0.25, 0.3) is 5.91 Å². The largest absolute Gasteiger partial charge is 0.497 e. The molecule has 1 amide bonds.